The molecule has 1 aliphatic heterocycles. The van der Waals surface area contributed by atoms with Crippen LogP contribution in [0.3, 0.4) is 0 Å². The number of benzene rings is 1. The number of aliphatic hydroxyl groups excluding tert-OH is 1. The van der Waals surface area contributed by atoms with Gasteiger partial charge < -0.3 is 25.4 Å². The number of hydrogen-bond donors (Lipinski definition) is 3. The second kappa shape index (κ2) is 10.8. The molecule has 1 fully saturated rings. The van der Waals surface area contributed by atoms with Crippen molar-refractivity contribution in [3.05, 3.63) is 29.6 Å². The van der Waals surface area contributed by atoms with Crippen molar-refractivity contribution in [2.75, 3.05) is 38.2 Å². The summed E-state index contributed by atoms with van der Waals surface area (Å²) in [7, 11) is 1.72. The predicted octanol–water partition coefficient (Wildman–Crippen LogP) is 2.90. The number of aliphatic imine (C=N–C) groups is 1. The first-order valence-electron chi connectivity index (χ1n) is 10.5. The van der Waals surface area contributed by atoms with Gasteiger partial charge in [0.05, 0.1) is 24.4 Å². The van der Waals surface area contributed by atoms with Crippen molar-refractivity contribution in [3.8, 4) is 0 Å². The minimum atomic E-state index is -0.268. The molecule has 29 heavy (non-hydrogen) atoms. The van der Waals surface area contributed by atoms with E-state index in [1.54, 1.807) is 13.2 Å². The molecule has 1 unspecified atom stereocenters. The quantitative estimate of drug-likeness (QED) is 0.478. The van der Waals surface area contributed by atoms with E-state index in [2.05, 4.69) is 36.4 Å². The monoisotopic (exact) mass is 408 g/mol. The van der Waals surface area contributed by atoms with Gasteiger partial charge in [0.25, 0.3) is 0 Å². The first-order chi connectivity index (χ1) is 13.7. The molecule has 1 atom stereocenters. The normalized spacial score (nSPS) is 17.3. The van der Waals surface area contributed by atoms with Crippen LogP contribution < -0.4 is 15.5 Å². The molecule has 0 saturated carbocycles. The highest BCUT2D eigenvalue weighted by Crippen LogP contribution is 2.24. The molecular formula is C22H37FN4O2. The number of ether oxygens (including phenoxy) is 1. The van der Waals surface area contributed by atoms with Crippen LogP contribution in [-0.4, -0.2) is 56.6 Å². The van der Waals surface area contributed by atoms with Gasteiger partial charge in [0, 0.05) is 33.3 Å². The van der Waals surface area contributed by atoms with Crippen LogP contribution in [0.15, 0.2) is 23.2 Å². The Morgan fingerprint density at radius 3 is 2.55 bits per heavy atom. The fraction of sp³-hybridized carbons (Fsp3) is 0.682. The number of guanidine groups is 1. The van der Waals surface area contributed by atoms with Crippen LogP contribution in [0, 0.1) is 11.2 Å². The molecule has 1 aliphatic rings. The molecule has 0 aliphatic carbocycles. The Bertz CT molecular complexity index is 667. The fourth-order valence-electron chi connectivity index (χ4n) is 3.46. The zero-order chi connectivity index (χ0) is 21.4. The van der Waals surface area contributed by atoms with E-state index in [1.807, 2.05) is 24.0 Å². The van der Waals surface area contributed by atoms with Gasteiger partial charge in [-0.2, -0.15) is 0 Å². The lowest BCUT2D eigenvalue weighted by Crippen LogP contribution is -2.45. The molecule has 0 amide bonds. The number of aliphatic hydroxyl groups is 1. The van der Waals surface area contributed by atoms with Gasteiger partial charge in [-0.25, -0.2) is 9.38 Å². The summed E-state index contributed by atoms with van der Waals surface area (Å²) in [5.41, 5.74) is 1.44. The van der Waals surface area contributed by atoms with Gasteiger partial charge in [-0.05, 0) is 42.9 Å². The number of halogens is 1. The highest BCUT2D eigenvalue weighted by molar-refractivity contribution is 5.79. The minimum Gasteiger partial charge on any atom is -0.393 e. The standard InChI is InChI=1S/C22H37FN4O2/c1-6-24-21(26-15-20(29-5)22(2,3)4)25-14-16-7-8-19(18(23)13-16)27-11-9-17(28)10-12-27/h7-8,13,17,20,28H,6,9-12,14-15H2,1-5H3,(H2,24,25,26). The Labute approximate surface area is 174 Å². The number of nitrogens with one attached hydrogen (secondary N) is 2. The van der Waals surface area contributed by atoms with Gasteiger partial charge >= 0.3 is 0 Å². The van der Waals surface area contributed by atoms with Gasteiger partial charge in [0.1, 0.15) is 5.82 Å². The molecule has 3 N–H and O–H groups in total. The van der Waals surface area contributed by atoms with Gasteiger partial charge in [0.2, 0.25) is 0 Å². The third kappa shape index (κ3) is 7.16. The smallest absolute Gasteiger partial charge is 0.191 e. The third-order valence-electron chi connectivity index (χ3n) is 5.29. The van der Waals surface area contributed by atoms with E-state index in [0.717, 1.165) is 12.1 Å². The van der Waals surface area contributed by atoms with Crippen molar-refractivity contribution in [3.63, 3.8) is 0 Å². The molecule has 0 radical (unpaired) electrons. The summed E-state index contributed by atoms with van der Waals surface area (Å²) < 4.78 is 20.2. The molecule has 164 valence electrons. The minimum absolute atomic E-state index is 0.0164. The van der Waals surface area contributed by atoms with Crippen LogP contribution in [-0.2, 0) is 11.3 Å². The zero-order valence-corrected chi connectivity index (χ0v) is 18.5. The van der Waals surface area contributed by atoms with E-state index < -0.39 is 0 Å². The molecule has 1 saturated heterocycles. The molecule has 0 bridgehead atoms. The van der Waals surface area contributed by atoms with Crippen molar-refractivity contribution in [1.82, 2.24) is 10.6 Å². The number of anilines is 1. The van der Waals surface area contributed by atoms with E-state index in [1.165, 1.54) is 0 Å². The van der Waals surface area contributed by atoms with Crippen LogP contribution >= 0.6 is 0 Å². The van der Waals surface area contributed by atoms with E-state index in [9.17, 15) is 9.50 Å². The number of methoxy groups -OCH3 is 1. The van der Waals surface area contributed by atoms with Gasteiger partial charge in [-0.1, -0.05) is 26.8 Å². The van der Waals surface area contributed by atoms with Gasteiger partial charge in [0.15, 0.2) is 5.96 Å². The van der Waals surface area contributed by atoms with Crippen LogP contribution in [0.5, 0.6) is 0 Å². The van der Waals surface area contributed by atoms with Crippen molar-refractivity contribution in [2.24, 2.45) is 10.4 Å². The number of hydrogen-bond acceptors (Lipinski definition) is 4. The summed E-state index contributed by atoms with van der Waals surface area (Å²) in [5.74, 6) is 0.451. The summed E-state index contributed by atoms with van der Waals surface area (Å²) in [6.45, 7) is 11.6. The highest BCUT2D eigenvalue weighted by Gasteiger charge is 2.24. The summed E-state index contributed by atoms with van der Waals surface area (Å²) in [4.78, 5) is 6.59. The summed E-state index contributed by atoms with van der Waals surface area (Å²) in [6, 6.07) is 5.29. The van der Waals surface area contributed by atoms with Crippen LogP contribution in [0.25, 0.3) is 0 Å². The third-order valence-corrected chi connectivity index (χ3v) is 5.29. The first kappa shape index (κ1) is 23.4. The molecule has 1 aromatic carbocycles. The molecule has 0 spiro atoms. The average Bonchev–Trinajstić information content (AvgIpc) is 2.66. The highest BCUT2D eigenvalue weighted by atomic mass is 19.1. The largest absolute Gasteiger partial charge is 0.393 e. The van der Waals surface area contributed by atoms with E-state index >= 15 is 0 Å². The molecule has 6 nitrogen and oxygen atoms in total. The Balaban J connectivity index is 2.00. The Kier molecular flexibility index (Phi) is 8.71. The lowest BCUT2D eigenvalue weighted by molar-refractivity contribution is 0.0205. The van der Waals surface area contributed by atoms with Crippen LogP contribution in [0.2, 0.25) is 0 Å². The van der Waals surface area contributed by atoms with Crippen LogP contribution in [0.4, 0.5) is 10.1 Å². The second-order valence-electron chi connectivity index (χ2n) is 8.67. The number of nitrogens with zero attached hydrogens (tertiary/aromatic N) is 2. The Morgan fingerprint density at radius 2 is 2.00 bits per heavy atom. The topological polar surface area (TPSA) is 69.1 Å². The first-order valence-corrected chi connectivity index (χ1v) is 10.5. The molecule has 7 heteroatoms. The summed E-state index contributed by atoms with van der Waals surface area (Å²) >= 11 is 0. The van der Waals surface area contributed by atoms with Crippen molar-refractivity contribution >= 4 is 11.6 Å². The predicted molar refractivity (Wildman–Crippen MR) is 117 cm³/mol. The lowest BCUT2D eigenvalue weighted by Gasteiger charge is -2.31. The summed E-state index contributed by atoms with van der Waals surface area (Å²) in [5, 5.41) is 16.2. The molecule has 1 heterocycles. The molecule has 0 aromatic heterocycles. The van der Waals surface area contributed by atoms with Crippen molar-refractivity contribution in [1.29, 1.82) is 0 Å². The zero-order valence-electron chi connectivity index (χ0n) is 18.5. The Morgan fingerprint density at radius 1 is 1.31 bits per heavy atom. The molecule has 1 aromatic rings. The maximum atomic E-state index is 14.6. The molecule has 2 rings (SSSR count). The van der Waals surface area contributed by atoms with E-state index in [0.29, 0.717) is 50.7 Å². The average molecular weight is 409 g/mol. The van der Waals surface area contributed by atoms with Crippen LogP contribution in [0.1, 0.15) is 46.1 Å². The maximum absolute atomic E-state index is 14.6. The number of piperidine rings is 1. The fourth-order valence-corrected chi connectivity index (χ4v) is 3.46. The SMILES string of the molecule is CCNC(=NCc1ccc(N2CCC(O)CC2)c(F)c1)NCC(OC)C(C)(C)C. The van der Waals surface area contributed by atoms with Gasteiger partial charge in [-0.15, -0.1) is 0 Å². The Hall–Kier alpha value is -1.86. The summed E-state index contributed by atoms with van der Waals surface area (Å²) in [6.07, 6.45) is 1.14. The molecular weight excluding hydrogens is 371 g/mol. The van der Waals surface area contributed by atoms with E-state index in [-0.39, 0.29) is 23.4 Å². The van der Waals surface area contributed by atoms with Crippen molar-refractivity contribution < 1.29 is 14.2 Å². The van der Waals surface area contributed by atoms with Crippen molar-refractivity contribution in [2.45, 2.75) is 59.3 Å². The second-order valence-corrected chi connectivity index (χ2v) is 8.67. The maximum Gasteiger partial charge on any atom is 0.191 e. The van der Waals surface area contributed by atoms with E-state index in [4.69, 9.17) is 4.74 Å². The number of rotatable bonds is 7. The van der Waals surface area contributed by atoms with Gasteiger partial charge in [-0.3, -0.25) is 0 Å². The lowest BCUT2D eigenvalue weighted by atomic mass is 9.89.